The number of H-pyrrole nitrogens is 1. The summed E-state index contributed by atoms with van der Waals surface area (Å²) < 4.78 is 21.6. The predicted octanol–water partition coefficient (Wildman–Crippen LogP) is -3.05. The van der Waals surface area contributed by atoms with E-state index in [0.717, 1.165) is 24.1 Å². The third-order valence-electron chi connectivity index (χ3n) is 4.27. The van der Waals surface area contributed by atoms with Gasteiger partial charge in [0, 0.05) is 0 Å². The largest absolute Gasteiger partial charge is 0.469 e. The van der Waals surface area contributed by atoms with Gasteiger partial charge in [0.05, 0.1) is 12.9 Å². The quantitative estimate of drug-likeness (QED) is 0.257. The van der Waals surface area contributed by atoms with Crippen LogP contribution in [-0.4, -0.2) is 81.4 Å². The van der Waals surface area contributed by atoms with E-state index in [0.29, 0.717) is 0 Å². The van der Waals surface area contributed by atoms with Gasteiger partial charge < -0.3 is 34.8 Å². The van der Waals surface area contributed by atoms with Crippen LogP contribution >= 0.6 is 7.82 Å². The highest BCUT2D eigenvalue weighted by Crippen LogP contribution is 2.42. The minimum atomic E-state index is -4.94. The lowest BCUT2D eigenvalue weighted by atomic mass is 9.95. The van der Waals surface area contributed by atoms with Gasteiger partial charge in [-0.15, -0.1) is 0 Å². The van der Waals surface area contributed by atoms with Gasteiger partial charge in [-0.3, -0.25) is 18.7 Å². The average Bonchev–Trinajstić information content (AvgIpc) is 3.15. The van der Waals surface area contributed by atoms with Crippen molar-refractivity contribution in [3.05, 3.63) is 23.0 Å². The van der Waals surface area contributed by atoms with Crippen LogP contribution in [0, 0.1) is 0 Å². The highest BCUT2D eigenvalue weighted by Gasteiger charge is 2.61. The van der Waals surface area contributed by atoms with Gasteiger partial charge in [-0.1, -0.05) is 0 Å². The van der Waals surface area contributed by atoms with Gasteiger partial charge >= 0.3 is 7.82 Å². The molecule has 154 valence electrons. The molecule has 2 aromatic rings. The number of aromatic nitrogens is 4. The number of carbonyl (C=O) groups excluding carboxylic acids is 1. The fourth-order valence-corrected chi connectivity index (χ4v) is 3.36. The molecule has 1 unspecified atom stereocenters. The lowest BCUT2D eigenvalue weighted by Crippen LogP contribution is -2.54. The molecule has 15 heteroatoms. The van der Waals surface area contributed by atoms with Crippen molar-refractivity contribution in [2.24, 2.45) is 0 Å². The molecule has 1 aliphatic heterocycles. The molecule has 0 spiro atoms. The topological polar surface area (TPSA) is 217 Å². The molecule has 0 saturated carbocycles. The van der Waals surface area contributed by atoms with Crippen LogP contribution in [0.15, 0.2) is 17.4 Å². The van der Waals surface area contributed by atoms with E-state index in [1.165, 1.54) is 0 Å². The molecule has 1 aliphatic rings. The van der Waals surface area contributed by atoms with Crippen molar-refractivity contribution >= 4 is 24.8 Å². The summed E-state index contributed by atoms with van der Waals surface area (Å²) in [4.78, 5) is 52.3. The minimum Gasteiger partial charge on any atom is -0.387 e. The van der Waals surface area contributed by atoms with Crippen molar-refractivity contribution in [3.63, 3.8) is 0 Å². The summed E-state index contributed by atoms with van der Waals surface area (Å²) in [6, 6.07) is 0. The van der Waals surface area contributed by atoms with E-state index in [-0.39, 0.29) is 11.2 Å². The number of nitrogens with zero attached hydrogens (tertiary/aromatic N) is 3. The molecule has 1 saturated heterocycles. The van der Waals surface area contributed by atoms with E-state index < -0.39 is 55.9 Å². The lowest BCUT2D eigenvalue weighted by Gasteiger charge is -2.32. The zero-order chi connectivity index (χ0) is 20.9. The maximum atomic E-state index is 12.8. The van der Waals surface area contributed by atoms with Crippen LogP contribution in [0.1, 0.15) is 6.92 Å². The van der Waals surface area contributed by atoms with E-state index in [1.54, 1.807) is 0 Å². The number of phosphoric ester groups is 1. The number of ether oxygens (including phenoxy) is 1. The summed E-state index contributed by atoms with van der Waals surface area (Å²) in [5.74, 6) is -1.11. The summed E-state index contributed by atoms with van der Waals surface area (Å²) in [5.41, 5.74) is -3.54. The third kappa shape index (κ3) is 3.29. The molecule has 6 N–H and O–H groups in total. The van der Waals surface area contributed by atoms with Gasteiger partial charge in [-0.25, -0.2) is 14.5 Å². The number of ketones is 1. The molecule has 28 heavy (non-hydrogen) atoms. The zero-order valence-corrected chi connectivity index (χ0v) is 15.1. The van der Waals surface area contributed by atoms with Crippen LogP contribution in [0.2, 0.25) is 0 Å². The Morgan fingerprint density at radius 3 is 2.75 bits per heavy atom. The third-order valence-corrected chi connectivity index (χ3v) is 4.76. The number of fused-ring (bicyclic) bond motifs is 1. The van der Waals surface area contributed by atoms with Crippen LogP contribution in [0.3, 0.4) is 0 Å². The number of Topliss-reactive ketones (excluding diaryl/α,β-unsaturated/α-hetero) is 1. The smallest absolute Gasteiger partial charge is 0.387 e. The van der Waals surface area contributed by atoms with Crippen LogP contribution in [0.5, 0.6) is 0 Å². The van der Waals surface area contributed by atoms with Crippen molar-refractivity contribution < 1.29 is 43.7 Å². The monoisotopic (exact) mass is 420 g/mol. The van der Waals surface area contributed by atoms with Crippen LogP contribution in [0.4, 0.5) is 0 Å². The summed E-state index contributed by atoms with van der Waals surface area (Å²) in [6.07, 6.45) is -5.15. The Bertz CT molecular complexity index is 999. The first-order valence-corrected chi connectivity index (χ1v) is 9.39. The fourth-order valence-electron chi connectivity index (χ4n) is 3.02. The second kappa shape index (κ2) is 7.09. The summed E-state index contributed by atoms with van der Waals surface area (Å²) in [5, 5.41) is 30.7. The second-order valence-electron chi connectivity index (χ2n) is 6.13. The van der Waals surface area contributed by atoms with E-state index in [9.17, 15) is 29.5 Å². The van der Waals surface area contributed by atoms with Crippen molar-refractivity contribution in [1.29, 1.82) is 0 Å². The van der Waals surface area contributed by atoms with Crippen molar-refractivity contribution in [1.82, 2.24) is 19.5 Å². The number of hydrogen-bond acceptors (Lipinski definition) is 10. The number of hydrogen-bond donors (Lipinski definition) is 6. The Morgan fingerprint density at radius 2 is 2.14 bits per heavy atom. The lowest BCUT2D eigenvalue weighted by molar-refractivity contribution is -0.181. The number of aromatic amines is 1. The molecule has 0 radical (unpaired) electrons. The maximum absolute atomic E-state index is 12.8. The molecule has 0 amide bonds. The highest BCUT2D eigenvalue weighted by atomic mass is 31.2. The predicted molar refractivity (Wildman–Crippen MR) is 87.7 cm³/mol. The number of imidazole rings is 1. The number of aliphatic hydroxyl groups is 3. The van der Waals surface area contributed by atoms with Crippen molar-refractivity contribution in [2.45, 2.75) is 37.1 Å². The van der Waals surface area contributed by atoms with E-state index in [2.05, 4.69) is 19.5 Å². The minimum absolute atomic E-state index is 0.194. The molecule has 5 atom stereocenters. The van der Waals surface area contributed by atoms with E-state index in [4.69, 9.17) is 14.5 Å². The molecule has 3 rings (SSSR count). The van der Waals surface area contributed by atoms with Crippen molar-refractivity contribution in [3.8, 4) is 0 Å². The number of phosphoric acid groups is 1. The fraction of sp³-hybridized carbons (Fsp3) is 0.538. The summed E-state index contributed by atoms with van der Waals surface area (Å²) in [7, 11) is -4.94. The number of rotatable bonds is 6. The SMILES string of the molecule is CC(O)C(=O)[C@@]1(n2cnc3c(=O)[nH]cnc32)O[C@H](COP(=O)(O)O)[C@@H](O)[C@H]1O. The van der Waals surface area contributed by atoms with E-state index in [1.807, 2.05) is 0 Å². The standard InChI is InChI=1S/C13H17N4O10P/c1-5(18)9(20)13(17-4-16-7-11(17)14-3-15-12(7)22)10(21)8(19)6(27-13)2-26-28(23,24)25/h3-6,8,10,18-19,21H,2H2,1H3,(H,14,15,22)(H2,23,24,25)/t5?,6-,8-,10-,13-/m1/s1. The molecule has 0 aromatic carbocycles. The van der Waals surface area contributed by atoms with Gasteiger partial charge in [-0.2, -0.15) is 0 Å². The van der Waals surface area contributed by atoms with E-state index >= 15 is 0 Å². The zero-order valence-electron chi connectivity index (χ0n) is 14.2. The maximum Gasteiger partial charge on any atom is 0.469 e. The molecule has 3 heterocycles. The van der Waals surface area contributed by atoms with Gasteiger partial charge in [0.1, 0.15) is 30.7 Å². The first-order valence-electron chi connectivity index (χ1n) is 7.86. The highest BCUT2D eigenvalue weighted by molar-refractivity contribution is 7.46. The summed E-state index contributed by atoms with van der Waals surface area (Å²) >= 11 is 0. The number of nitrogens with one attached hydrogen (secondary N) is 1. The van der Waals surface area contributed by atoms with Gasteiger partial charge in [0.15, 0.2) is 11.2 Å². The van der Waals surface area contributed by atoms with Crippen LogP contribution in [-0.2, 0) is 24.3 Å². The molecule has 14 nitrogen and oxygen atoms in total. The first kappa shape index (κ1) is 20.7. The Labute approximate surface area is 155 Å². The average molecular weight is 420 g/mol. The molecule has 0 aliphatic carbocycles. The molecular formula is C13H17N4O10P. The summed E-state index contributed by atoms with van der Waals surface area (Å²) in [6.45, 7) is 0.212. The second-order valence-corrected chi connectivity index (χ2v) is 7.37. The van der Waals surface area contributed by atoms with Gasteiger partial charge in [-0.05, 0) is 6.92 Å². The van der Waals surface area contributed by atoms with Gasteiger partial charge in [0.25, 0.3) is 5.56 Å². The molecule has 0 bridgehead atoms. The molecule has 2 aromatic heterocycles. The Morgan fingerprint density at radius 1 is 1.46 bits per heavy atom. The van der Waals surface area contributed by atoms with Gasteiger partial charge in [0.2, 0.25) is 11.5 Å². The van der Waals surface area contributed by atoms with Crippen LogP contribution < -0.4 is 5.56 Å². The normalized spacial score (nSPS) is 29.3. The van der Waals surface area contributed by atoms with Crippen molar-refractivity contribution in [2.75, 3.05) is 6.61 Å². The number of carbonyl (C=O) groups is 1. The molecule has 1 fully saturated rings. The van der Waals surface area contributed by atoms with Crippen LogP contribution in [0.25, 0.3) is 11.2 Å². The Kier molecular flexibility index (Phi) is 5.24. The number of aliphatic hydroxyl groups excluding tert-OH is 3. The molecular weight excluding hydrogens is 403 g/mol. The first-order chi connectivity index (χ1) is 13.0. The Balaban J connectivity index is 2.14. The Hall–Kier alpha value is -2.03.